The molecule has 0 radical (unpaired) electrons. The lowest BCUT2D eigenvalue weighted by Gasteiger charge is -2.10. The summed E-state index contributed by atoms with van der Waals surface area (Å²) >= 11 is 2.98. The van der Waals surface area contributed by atoms with E-state index in [0.717, 1.165) is 25.2 Å². The van der Waals surface area contributed by atoms with Crippen molar-refractivity contribution in [3.63, 3.8) is 0 Å². The van der Waals surface area contributed by atoms with Gasteiger partial charge >= 0.3 is 6.03 Å². The first-order valence-electron chi connectivity index (χ1n) is 9.84. The minimum absolute atomic E-state index is 0.0992. The number of rotatable bonds is 10. The van der Waals surface area contributed by atoms with Crippen molar-refractivity contribution in [3.05, 3.63) is 64.1 Å². The van der Waals surface area contributed by atoms with Gasteiger partial charge in [-0.05, 0) is 29.9 Å². The van der Waals surface area contributed by atoms with Gasteiger partial charge in [-0.3, -0.25) is 10.1 Å². The maximum absolute atomic E-state index is 12.1. The Hall–Kier alpha value is -2.65. The number of aromatic nitrogens is 3. The second-order valence-corrected chi connectivity index (χ2v) is 8.61. The molecule has 2 heterocycles. The fourth-order valence-electron chi connectivity index (χ4n) is 2.81. The van der Waals surface area contributed by atoms with Crippen LogP contribution in [0.25, 0.3) is 0 Å². The summed E-state index contributed by atoms with van der Waals surface area (Å²) in [6.07, 6.45) is 2.36. The molecule has 3 rings (SSSR count). The van der Waals surface area contributed by atoms with E-state index in [9.17, 15) is 9.59 Å². The molecule has 9 heteroatoms. The van der Waals surface area contributed by atoms with Gasteiger partial charge in [0.2, 0.25) is 5.91 Å². The van der Waals surface area contributed by atoms with Gasteiger partial charge in [0.15, 0.2) is 5.16 Å². The average Bonchev–Trinajstić information content (AvgIpc) is 3.40. The number of thioether (sulfide) groups is 1. The van der Waals surface area contributed by atoms with Crippen molar-refractivity contribution in [2.75, 3.05) is 12.3 Å². The number of thiophene rings is 1. The molecular formula is C21H25N5O2S2. The highest BCUT2D eigenvalue weighted by Gasteiger charge is 2.16. The van der Waals surface area contributed by atoms with Crippen LogP contribution in [-0.4, -0.2) is 39.0 Å². The molecule has 0 fully saturated rings. The predicted molar refractivity (Wildman–Crippen MR) is 120 cm³/mol. The number of amides is 3. The standard InChI is InChI=1S/C21H25N5O2S2/c1-2-11-22-20(28)23-19(27)15-30-21-25-24-18(14-17-9-6-13-29-17)26(21)12-10-16-7-4-3-5-8-16/h3-9,13H,2,10-12,14-15H2,1H3,(H2,22,23,27,28). The fourth-order valence-corrected chi connectivity index (χ4v) is 4.30. The van der Waals surface area contributed by atoms with Crippen LogP contribution in [-0.2, 0) is 24.2 Å². The molecule has 0 aliphatic carbocycles. The maximum Gasteiger partial charge on any atom is 0.321 e. The first kappa shape index (κ1) is 22.0. The molecule has 0 saturated heterocycles. The van der Waals surface area contributed by atoms with Gasteiger partial charge in [0.25, 0.3) is 0 Å². The van der Waals surface area contributed by atoms with Crippen LogP contribution >= 0.6 is 23.1 Å². The molecule has 0 aliphatic rings. The van der Waals surface area contributed by atoms with Crippen LogP contribution in [0.15, 0.2) is 53.0 Å². The smallest absolute Gasteiger partial charge is 0.321 e. The Kier molecular flexibility index (Phi) is 8.46. The van der Waals surface area contributed by atoms with Crippen LogP contribution in [0, 0.1) is 0 Å². The number of carbonyl (C=O) groups excluding carboxylic acids is 2. The van der Waals surface area contributed by atoms with Gasteiger partial charge in [-0.2, -0.15) is 0 Å². The molecule has 0 unspecified atom stereocenters. The van der Waals surface area contributed by atoms with Gasteiger partial charge in [0.1, 0.15) is 5.82 Å². The minimum atomic E-state index is -0.466. The summed E-state index contributed by atoms with van der Waals surface area (Å²) in [5.74, 6) is 0.616. The zero-order chi connectivity index (χ0) is 21.2. The average molecular weight is 444 g/mol. The summed E-state index contributed by atoms with van der Waals surface area (Å²) in [5, 5.41) is 16.4. The minimum Gasteiger partial charge on any atom is -0.338 e. The molecule has 0 saturated carbocycles. The Balaban J connectivity index is 1.65. The number of benzene rings is 1. The van der Waals surface area contributed by atoms with Crippen LogP contribution in [0.5, 0.6) is 0 Å². The van der Waals surface area contributed by atoms with Crippen molar-refractivity contribution in [1.82, 2.24) is 25.4 Å². The Labute approximate surface area is 184 Å². The van der Waals surface area contributed by atoms with Crippen molar-refractivity contribution in [1.29, 1.82) is 0 Å². The fraction of sp³-hybridized carbons (Fsp3) is 0.333. The van der Waals surface area contributed by atoms with E-state index in [4.69, 9.17) is 0 Å². The van der Waals surface area contributed by atoms with E-state index >= 15 is 0 Å². The van der Waals surface area contributed by atoms with Gasteiger partial charge in [-0.25, -0.2) is 4.79 Å². The largest absolute Gasteiger partial charge is 0.338 e. The highest BCUT2D eigenvalue weighted by molar-refractivity contribution is 7.99. The Morgan fingerprint density at radius 1 is 1.13 bits per heavy atom. The molecule has 0 bridgehead atoms. The predicted octanol–water partition coefficient (Wildman–Crippen LogP) is 3.50. The third-order valence-corrected chi connectivity index (χ3v) is 6.14. The molecule has 3 aromatic rings. The molecule has 0 spiro atoms. The zero-order valence-corrected chi connectivity index (χ0v) is 18.5. The number of hydrogen-bond acceptors (Lipinski definition) is 6. The Morgan fingerprint density at radius 3 is 2.70 bits per heavy atom. The van der Waals surface area contributed by atoms with Crippen LogP contribution in [0.4, 0.5) is 4.79 Å². The summed E-state index contributed by atoms with van der Waals surface area (Å²) in [6.45, 7) is 3.21. The Morgan fingerprint density at radius 2 is 1.97 bits per heavy atom. The topological polar surface area (TPSA) is 88.9 Å². The third-order valence-electron chi connectivity index (χ3n) is 4.29. The quantitative estimate of drug-likeness (QED) is 0.468. The van der Waals surface area contributed by atoms with Crippen molar-refractivity contribution < 1.29 is 9.59 Å². The zero-order valence-electron chi connectivity index (χ0n) is 16.8. The van der Waals surface area contributed by atoms with Crippen molar-refractivity contribution in [2.45, 2.75) is 37.9 Å². The second-order valence-electron chi connectivity index (χ2n) is 6.63. The molecule has 2 aromatic heterocycles. The number of imide groups is 1. The van der Waals surface area contributed by atoms with Gasteiger partial charge in [-0.15, -0.1) is 21.5 Å². The monoisotopic (exact) mass is 443 g/mol. The summed E-state index contributed by atoms with van der Waals surface area (Å²) in [7, 11) is 0. The lowest BCUT2D eigenvalue weighted by molar-refractivity contribution is -0.117. The number of carbonyl (C=O) groups is 2. The summed E-state index contributed by atoms with van der Waals surface area (Å²) < 4.78 is 2.07. The molecule has 0 aliphatic heterocycles. The molecule has 2 N–H and O–H groups in total. The van der Waals surface area contributed by atoms with Gasteiger partial charge < -0.3 is 9.88 Å². The number of aryl methyl sites for hydroxylation is 1. The summed E-state index contributed by atoms with van der Waals surface area (Å²) in [4.78, 5) is 25.0. The maximum atomic E-state index is 12.1. The summed E-state index contributed by atoms with van der Waals surface area (Å²) in [5.41, 5.74) is 1.23. The van der Waals surface area contributed by atoms with E-state index in [1.807, 2.05) is 36.6 Å². The molecule has 3 amide bonds. The van der Waals surface area contributed by atoms with Crippen LogP contribution < -0.4 is 10.6 Å². The molecule has 30 heavy (non-hydrogen) atoms. The van der Waals surface area contributed by atoms with Crippen LogP contribution in [0.1, 0.15) is 29.6 Å². The van der Waals surface area contributed by atoms with E-state index in [0.29, 0.717) is 18.1 Å². The molecule has 0 atom stereocenters. The van der Waals surface area contributed by atoms with Crippen molar-refractivity contribution in [3.8, 4) is 0 Å². The molecule has 158 valence electrons. The SMILES string of the molecule is CCCNC(=O)NC(=O)CSc1nnc(Cc2cccs2)n1CCc1ccccc1. The van der Waals surface area contributed by atoms with Crippen molar-refractivity contribution >= 4 is 35.0 Å². The van der Waals surface area contributed by atoms with E-state index in [1.54, 1.807) is 11.3 Å². The van der Waals surface area contributed by atoms with Gasteiger partial charge in [0, 0.05) is 24.4 Å². The van der Waals surface area contributed by atoms with Crippen LogP contribution in [0.2, 0.25) is 0 Å². The number of nitrogens with one attached hydrogen (secondary N) is 2. The molecule has 1 aromatic carbocycles. The lowest BCUT2D eigenvalue weighted by Crippen LogP contribution is -2.40. The summed E-state index contributed by atoms with van der Waals surface area (Å²) in [6, 6.07) is 13.9. The number of nitrogens with zero attached hydrogens (tertiary/aromatic N) is 3. The number of hydrogen-bond donors (Lipinski definition) is 2. The first-order valence-corrected chi connectivity index (χ1v) is 11.7. The van der Waals surface area contributed by atoms with E-state index in [-0.39, 0.29) is 11.7 Å². The first-order chi connectivity index (χ1) is 14.7. The van der Waals surface area contributed by atoms with Gasteiger partial charge in [0.05, 0.1) is 5.75 Å². The number of urea groups is 1. The lowest BCUT2D eigenvalue weighted by atomic mass is 10.1. The highest BCUT2D eigenvalue weighted by Crippen LogP contribution is 2.21. The second kappa shape index (κ2) is 11.5. The van der Waals surface area contributed by atoms with Crippen LogP contribution in [0.3, 0.4) is 0 Å². The van der Waals surface area contributed by atoms with Gasteiger partial charge in [-0.1, -0.05) is 55.1 Å². The normalized spacial score (nSPS) is 10.7. The Bertz CT molecular complexity index is 942. The van der Waals surface area contributed by atoms with E-state index in [2.05, 4.69) is 43.6 Å². The molecular weight excluding hydrogens is 418 g/mol. The third kappa shape index (κ3) is 6.70. The highest BCUT2D eigenvalue weighted by atomic mass is 32.2. The molecule has 7 nitrogen and oxygen atoms in total. The van der Waals surface area contributed by atoms with E-state index < -0.39 is 6.03 Å². The van der Waals surface area contributed by atoms with Crippen molar-refractivity contribution in [2.24, 2.45) is 0 Å². The van der Waals surface area contributed by atoms with E-state index in [1.165, 1.54) is 22.2 Å².